The highest BCUT2D eigenvalue weighted by Crippen LogP contribution is 2.27. The van der Waals surface area contributed by atoms with Gasteiger partial charge in [0.05, 0.1) is 12.8 Å². The Kier molecular flexibility index (Phi) is 3.60. The first-order valence-corrected chi connectivity index (χ1v) is 6.37. The second-order valence-electron chi connectivity index (χ2n) is 3.89. The number of ether oxygens (including phenoxy) is 1. The molecule has 4 nitrogen and oxygen atoms in total. The zero-order valence-corrected chi connectivity index (χ0v) is 12.1. The van der Waals surface area contributed by atoms with Crippen molar-refractivity contribution < 1.29 is 14.6 Å². The summed E-state index contributed by atoms with van der Waals surface area (Å²) in [6.07, 6.45) is 1.78. The fourth-order valence-corrected chi connectivity index (χ4v) is 2.36. The van der Waals surface area contributed by atoms with Crippen LogP contribution in [0.2, 0.25) is 0 Å². The molecule has 2 rings (SSSR count). The second kappa shape index (κ2) is 5.01. The number of aryl methyl sites for hydroxylation is 1. The van der Waals surface area contributed by atoms with E-state index in [0.717, 1.165) is 14.8 Å². The van der Waals surface area contributed by atoms with E-state index in [0.29, 0.717) is 5.75 Å². The molecule has 0 aliphatic heterocycles. The molecule has 2 aromatic rings. The molecule has 18 heavy (non-hydrogen) atoms. The Balaban J connectivity index is 2.68. The van der Waals surface area contributed by atoms with Crippen molar-refractivity contribution in [3.8, 4) is 11.4 Å². The Labute approximate surface area is 118 Å². The van der Waals surface area contributed by atoms with Crippen LogP contribution >= 0.6 is 22.6 Å². The van der Waals surface area contributed by atoms with Gasteiger partial charge in [0.15, 0.2) is 0 Å². The van der Waals surface area contributed by atoms with Crippen molar-refractivity contribution in [2.45, 2.75) is 6.92 Å². The van der Waals surface area contributed by atoms with Crippen LogP contribution in [0.3, 0.4) is 0 Å². The van der Waals surface area contributed by atoms with Crippen LogP contribution in [0, 0.1) is 10.5 Å². The molecule has 0 aliphatic carbocycles. The summed E-state index contributed by atoms with van der Waals surface area (Å²) >= 11 is 2.09. The van der Waals surface area contributed by atoms with Gasteiger partial charge in [0.1, 0.15) is 11.4 Å². The normalized spacial score (nSPS) is 10.4. The van der Waals surface area contributed by atoms with Crippen molar-refractivity contribution in [1.82, 2.24) is 4.57 Å². The Morgan fingerprint density at radius 1 is 1.39 bits per heavy atom. The maximum atomic E-state index is 11.2. The van der Waals surface area contributed by atoms with Crippen LogP contribution in [0.25, 0.3) is 5.69 Å². The molecular weight excluding hydrogens is 345 g/mol. The van der Waals surface area contributed by atoms with Crippen LogP contribution in [0.4, 0.5) is 0 Å². The van der Waals surface area contributed by atoms with E-state index < -0.39 is 5.97 Å². The molecule has 0 saturated carbocycles. The Bertz CT molecular complexity index is 604. The van der Waals surface area contributed by atoms with Crippen LogP contribution in [-0.4, -0.2) is 22.8 Å². The third kappa shape index (κ3) is 2.35. The molecule has 0 saturated heterocycles. The monoisotopic (exact) mass is 357 g/mol. The van der Waals surface area contributed by atoms with Gasteiger partial charge in [-0.25, -0.2) is 4.79 Å². The lowest BCUT2D eigenvalue weighted by Gasteiger charge is -2.12. The molecule has 0 atom stereocenters. The highest BCUT2D eigenvalue weighted by atomic mass is 127. The summed E-state index contributed by atoms with van der Waals surface area (Å²) in [4.78, 5) is 11.2. The molecule has 1 N–H and O–H groups in total. The molecule has 1 heterocycles. The third-order valence-corrected chi connectivity index (χ3v) is 3.19. The van der Waals surface area contributed by atoms with Gasteiger partial charge in [-0.05, 0) is 53.3 Å². The summed E-state index contributed by atoms with van der Waals surface area (Å²) in [5, 5.41) is 9.21. The highest BCUT2D eigenvalue weighted by molar-refractivity contribution is 14.1. The van der Waals surface area contributed by atoms with E-state index in [4.69, 9.17) is 4.74 Å². The number of methoxy groups -OCH3 is 1. The lowest BCUT2D eigenvalue weighted by molar-refractivity contribution is 0.0688. The smallest absolute Gasteiger partial charge is 0.352 e. The van der Waals surface area contributed by atoms with Gasteiger partial charge in [0.2, 0.25) is 0 Å². The number of carbonyl (C=O) groups is 1. The lowest BCUT2D eigenvalue weighted by Crippen LogP contribution is -2.07. The first-order valence-electron chi connectivity index (χ1n) is 5.29. The summed E-state index contributed by atoms with van der Waals surface area (Å²) < 4.78 is 7.79. The minimum absolute atomic E-state index is 0.225. The van der Waals surface area contributed by atoms with Crippen molar-refractivity contribution in [2.24, 2.45) is 0 Å². The number of rotatable bonds is 3. The van der Waals surface area contributed by atoms with Gasteiger partial charge in [-0.1, -0.05) is 6.07 Å². The second-order valence-corrected chi connectivity index (χ2v) is 5.14. The number of hydrogen-bond acceptors (Lipinski definition) is 2. The summed E-state index contributed by atoms with van der Waals surface area (Å²) in [6.45, 7) is 1.96. The predicted octanol–water partition coefficient (Wildman–Crippen LogP) is 3.10. The van der Waals surface area contributed by atoms with Gasteiger partial charge in [-0.15, -0.1) is 0 Å². The van der Waals surface area contributed by atoms with Crippen molar-refractivity contribution in [1.29, 1.82) is 0 Å². The van der Waals surface area contributed by atoms with Crippen molar-refractivity contribution in [3.63, 3.8) is 0 Å². The zero-order chi connectivity index (χ0) is 13.3. The highest BCUT2D eigenvalue weighted by Gasteiger charge is 2.15. The standard InChI is InChI=1S/C13H12INO3/c1-8-3-4-12(18-2)10(5-8)15-7-9(14)6-11(15)13(16)17/h3-7H,1-2H3,(H,16,17). The Hall–Kier alpha value is -1.50. The number of carboxylic acid groups (broad SMARTS) is 1. The van der Waals surface area contributed by atoms with E-state index in [1.807, 2.05) is 25.1 Å². The van der Waals surface area contributed by atoms with E-state index in [-0.39, 0.29) is 5.69 Å². The molecule has 0 spiro atoms. The molecule has 1 aromatic heterocycles. The topological polar surface area (TPSA) is 51.5 Å². The maximum Gasteiger partial charge on any atom is 0.352 e. The average molecular weight is 357 g/mol. The molecule has 5 heteroatoms. The molecular formula is C13H12INO3. The van der Waals surface area contributed by atoms with Gasteiger partial charge in [0.25, 0.3) is 0 Å². The number of hydrogen-bond donors (Lipinski definition) is 1. The van der Waals surface area contributed by atoms with Gasteiger partial charge < -0.3 is 14.4 Å². The first kappa shape index (κ1) is 12.9. The van der Waals surface area contributed by atoms with Gasteiger partial charge in [0, 0.05) is 9.77 Å². The largest absolute Gasteiger partial charge is 0.495 e. The molecule has 0 fully saturated rings. The van der Waals surface area contributed by atoms with Crippen molar-refractivity contribution >= 4 is 28.6 Å². The van der Waals surface area contributed by atoms with Crippen molar-refractivity contribution in [2.75, 3.05) is 7.11 Å². The third-order valence-electron chi connectivity index (χ3n) is 2.60. The van der Waals surface area contributed by atoms with Gasteiger partial charge in [-0.2, -0.15) is 0 Å². The summed E-state index contributed by atoms with van der Waals surface area (Å²) in [6, 6.07) is 7.30. The number of halogens is 1. The SMILES string of the molecule is COc1ccc(C)cc1-n1cc(I)cc1C(=O)O. The molecule has 0 amide bonds. The number of nitrogens with zero attached hydrogens (tertiary/aromatic N) is 1. The van der Waals surface area contributed by atoms with Gasteiger partial charge in [-0.3, -0.25) is 0 Å². The van der Waals surface area contributed by atoms with E-state index in [9.17, 15) is 9.90 Å². The summed E-state index contributed by atoms with van der Waals surface area (Å²) in [5.41, 5.74) is 2.01. The zero-order valence-electron chi connectivity index (χ0n) is 9.98. The fourth-order valence-electron chi connectivity index (χ4n) is 1.78. The van der Waals surface area contributed by atoms with Crippen LogP contribution in [0.1, 0.15) is 16.1 Å². The van der Waals surface area contributed by atoms with E-state index in [2.05, 4.69) is 22.6 Å². The van der Waals surface area contributed by atoms with E-state index in [1.54, 1.807) is 23.9 Å². The van der Waals surface area contributed by atoms with Crippen LogP contribution < -0.4 is 4.74 Å². The van der Waals surface area contributed by atoms with Crippen LogP contribution in [0.15, 0.2) is 30.5 Å². The average Bonchev–Trinajstić information content (AvgIpc) is 2.71. The molecule has 94 valence electrons. The van der Waals surface area contributed by atoms with E-state index in [1.165, 1.54) is 0 Å². The molecule has 0 unspecified atom stereocenters. The minimum atomic E-state index is -0.957. The number of aromatic nitrogens is 1. The Morgan fingerprint density at radius 2 is 2.11 bits per heavy atom. The van der Waals surface area contributed by atoms with Gasteiger partial charge >= 0.3 is 5.97 Å². The molecule has 1 aromatic carbocycles. The fraction of sp³-hybridized carbons (Fsp3) is 0.154. The minimum Gasteiger partial charge on any atom is -0.495 e. The number of benzene rings is 1. The van der Waals surface area contributed by atoms with E-state index >= 15 is 0 Å². The lowest BCUT2D eigenvalue weighted by atomic mass is 10.2. The summed E-state index contributed by atoms with van der Waals surface area (Å²) in [5.74, 6) is -0.309. The number of aromatic carboxylic acids is 1. The molecule has 0 radical (unpaired) electrons. The predicted molar refractivity (Wildman–Crippen MR) is 76.7 cm³/mol. The molecule has 0 aliphatic rings. The van der Waals surface area contributed by atoms with Crippen LogP contribution in [-0.2, 0) is 0 Å². The molecule has 0 bridgehead atoms. The first-order chi connectivity index (χ1) is 8.52. The Morgan fingerprint density at radius 3 is 2.72 bits per heavy atom. The maximum absolute atomic E-state index is 11.2. The quantitative estimate of drug-likeness (QED) is 0.859. The van der Waals surface area contributed by atoms with Crippen LogP contribution in [0.5, 0.6) is 5.75 Å². The number of carboxylic acids is 1. The van der Waals surface area contributed by atoms with Crippen molar-refractivity contribution in [3.05, 3.63) is 45.3 Å². The summed E-state index contributed by atoms with van der Waals surface area (Å²) in [7, 11) is 1.57.